The van der Waals surface area contributed by atoms with E-state index in [0.717, 1.165) is 0 Å². The smallest absolute Gasteiger partial charge is 0.115 e. The summed E-state index contributed by atoms with van der Waals surface area (Å²) in [5.41, 5.74) is 9.12. The van der Waals surface area contributed by atoms with Crippen molar-refractivity contribution in [3.63, 3.8) is 0 Å². The van der Waals surface area contributed by atoms with Gasteiger partial charge in [0.05, 0.1) is 0 Å². The van der Waals surface area contributed by atoms with Gasteiger partial charge in [0.1, 0.15) is 5.75 Å². The summed E-state index contributed by atoms with van der Waals surface area (Å²) in [6.45, 7) is 28.2. The van der Waals surface area contributed by atoms with Gasteiger partial charge < -0.3 is 10.2 Å². The number of hydrogen-bond acceptors (Lipinski definition) is 2. The molecule has 0 aromatic heterocycles. The van der Waals surface area contributed by atoms with Gasteiger partial charge in [-0.2, -0.15) is 0 Å². The summed E-state index contributed by atoms with van der Waals surface area (Å²) in [6.07, 6.45) is -0.167. The third-order valence-corrected chi connectivity index (χ3v) is 5.21. The monoisotopic (exact) mass is 540 g/mol. The molecule has 0 amide bonds. The number of aryl methyl sites for hydroxylation is 4. The van der Waals surface area contributed by atoms with E-state index in [9.17, 15) is 0 Å². The van der Waals surface area contributed by atoms with Crippen LogP contribution in [0.1, 0.15) is 61.4 Å². The lowest BCUT2D eigenvalue weighted by Gasteiger charge is -2.07. The number of aliphatic hydroxyl groups excluding tert-OH is 1. The van der Waals surface area contributed by atoms with Gasteiger partial charge in [-0.15, -0.1) is 26.3 Å². The summed E-state index contributed by atoms with van der Waals surface area (Å²) in [5.74, 6) is 0.933. The number of rotatable bonds is 2. The van der Waals surface area contributed by atoms with Gasteiger partial charge in [-0.05, 0) is 76.3 Å². The van der Waals surface area contributed by atoms with E-state index in [2.05, 4.69) is 134 Å². The second kappa shape index (κ2) is 23.0. The molecule has 0 radical (unpaired) electrons. The minimum atomic E-state index is -0.167. The van der Waals surface area contributed by atoms with Crippen molar-refractivity contribution in [2.45, 2.75) is 67.4 Å². The minimum absolute atomic E-state index is 0.167. The van der Waals surface area contributed by atoms with Gasteiger partial charge in [-0.1, -0.05) is 121 Å². The second-order valence-corrected chi connectivity index (χ2v) is 9.73. The summed E-state index contributed by atoms with van der Waals surface area (Å²) < 4.78 is 0. The van der Waals surface area contributed by atoms with E-state index in [0.29, 0.717) is 11.7 Å². The lowest BCUT2D eigenvalue weighted by molar-refractivity contribution is 0.216. The van der Waals surface area contributed by atoms with Crippen LogP contribution >= 0.6 is 0 Å². The predicted molar refractivity (Wildman–Crippen MR) is 179 cm³/mol. The molecular formula is C38H52O2. The molecule has 2 nitrogen and oxygen atoms in total. The molecule has 216 valence electrons. The molecular weight excluding hydrogens is 488 g/mol. The van der Waals surface area contributed by atoms with Gasteiger partial charge in [0.15, 0.2) is 0 Å². The molecule has 40 heavy (non-hydrogen) atoms. The highest BCUT2D eigenvalue weighted by Crippen LogP contribution is 2.22. The summed E-state index contributed by atoms with van der Waals surface area (Å²) >= 11 is 0. The normalized spacial score (nSPS) is 9.07. The van der Waals surface area contributed by atoms with E-state index < -0.39 is 0 Å². The first kappa shape index (κ1) is 38.3. The van der Waals surface area contributed by atoms with Crippen molar-refractivity contribution in [1.82, 2.24) is 0 Å². The Labute approximate surface area is 245 Å². The summed E-state index contributed by atoms with van der Waals surface area (Å²) in [4.78, 5) is 0. The van der Waals surface area contributed by atoms with Crippen LogP contribution in [0.5, 0.6) is 5.75 Å². The van der Waals surface area contributed by atoms with Crippen molar-refractivity contribution < 1.29 is 10.2 Å². The first-order valence-electron chi connectivity index (χ1n) is 13.6. The van der Waals surface area contributed by atoms with Crippen molar-refractivity contribution in [1.29, 1.82) is 0 Å². The molecule has 0 aliphatic rings. The highest BCUT2D eigenvalue weighted by Gasteiger charge is 2.00. The summed E-state index contributed by atoms with van der Waals surface area (Å²) in [5, 5.41) is 16.8. The van der Waals surface area contributed by atoms with Crippen molar-refractivity contribution >= 4 is 0 Å². The molecule has 0 spiro atoms. The van der Waals surface area contributed by atoms with Gasteiger partial charge in [-0.25, -0.2) is 0 Å². The molecule has 4 aromatic rings. The van der Waals surface area contributed by atoms with Gasteiger partial charge >= 0.3 is 0 Å². The Morgan fingerprint density at radius 1 is 0.450 bits per heavy atom. The highest BCUT2D eigenvalue weighted by atomic mass is 16.3. The average molecular weight is 541 g/mol. The molecule has 0 heterocycles. The fourth-order valence-electron chi connectivity index (χ4n) is 2.99. The van der Waals surface area contributed by atoms with Crippen molar-refractivity contribution in [3.05, 3.63) is 151 Å². The van der Waals surface area contributed by atoms with Crippen LogP contribution in [-0.2, 0) is 0 Å². The van der Waals surface area contributed by atoms with Crippen LogP contribution in [0.25, 0.3) is 11.1 Å². The first-order valence-corrected chi connectivity index (χ1v) is 13.6. The van der Waals surface area contributed by atoms with Gasteiger partial charge in [-0.3, -0.25) is 0 Å². The third-order valence-electron chi connectivity index (χ3n) is 5.21. The van der Waals surface area contributed by atoms with E-state index in [1.807, 2.05) is 19.1 Å². The van der Waals surface area contributed by atoms with Crippen LogP contribution in [0.4, 0.5) is 0 Å². The van der Waals surface area contributed by atoms with Crippen LogP contribution in [0.3, 0.4) is 0 Å². The number of hydrogen-bond donors (Lipinski definition) is 2. The lowest BCUT2D eigenvalue weighted by Crippen LogP contribution is -1.86. The number of phenolic OH excluding ortho intramolecular Hbond substituents is 1. The minimum Gasteiger partial charge on any atom is -0.508 e. The Morgan fingerprint density at radius 3 is 0.925 bits per heavy atom. The molecule has 2 heteroatoms. The van der Waals surface area contributed by atoms with E-state index in [-0.39, 0.29) is 6.10 Å². The van der Waals surface area contributed by atoms with Crippen LogP contribution in [0, 0.1) is 27.7 Å². The van der Waals surface area contributed by atoms with Crippen LogP contribution in [-0.4, -0.2) is 16.3 Å². The largest absolute Gasteiger partial charge is 0.508 e. The van der Waals surface area contributed by atoms with E-state index in [1.54, 1.807) is 26.0 Å². The molecule has 4 rings (SSSR count). The van der Waals surface area contributed by atoms with Crippen LogP contribution in [0.15, 0.2) is 123 Å². The Balaban J connectivity index is 0. The summed E-state index contributed by atoms with van der Waals surface area (Å²) in [7, 11) is 0. The Hall–Kier alpha value is -3.88. The van der Waals surface area contributed by atoms with Gasteiger partial charge in [0.25, 0.3) is 0 Å². The maximum Gasteiger partial charge on any atom is 0.115 e. The first-order chi connectivity index (χ1) is 19.0. The van der Waals surface area contributed by atoms with E-state index in [1.165, 1.54) is 38.9 Å². The molecule has 2 N–H and O–H groups in total. The van der Waals surface area contributed by atoms with Crippen molar-refractivity contribution in [3.8, 4) is 16.9 Å². The zero-order valence-corrected chi connectivity index (χ0v) is 26.1. The summed E-state index contributed by atoms with van der Waals surface area (Å²) in [6, 6.07) is 33.1. The van der Waals surface area contributed by atoms with Crippen LogP contribution in [0.2, 0.25) is 0 Å². The molecule has 0 atom stereocenters. The Bertz CT molecular complexity index is 1030. The highest BCUT2D eigenvalue weighted by molar-refractivity contribution is 5.64. The number of aromatic hydroxyl groups is 1. The molecule has 0 aliphatic carbocycles. The quantitative estimate of drug-likeness (QED) is 0.248. The number of benzene rings is 4. The third kappa shape index (κ3) is 19.2. The number of phenols is 1. The number of aliphatic hydroxyl groups is 1. The molecule has 0 aliphatic heterocycles. The molecule has 0 saturated carbocycles. The zero-order chi connectivity index (χ0) is 31.1. The van der Waals surface area contributed by atoms with Gasteiger partial charge in [0.2, 0.25) is 0 Å². The molecule has 0 saturated heterocycles. The Morgan fingerprint density at radius 2 is 0.675 bits per heavy atom. The zero-order valence-electron chi connectivity index (χ0n) is 26.1. The van der Waals surface area contributed by atoms with E-state index in [4.69, 9.17) is 10.2 Å². The Kier molecular flexibility index (Phi) is 22.0. The molecule has 0 unspecified atom stereocenters. The van der Waals surface area contributed by atoms with Crippen molar-refractivity contribution in [2.75, 3.05) is 0 Å². The fourth-order valence-corrected chi connectivity index (χ4v) is 2.99. The maximum absolute atomic E-state index is 8.76. The van der Waals surface area contributed by atoms with E-state index >= 15 is 0 Å². The lowest BCUT2D eigenvalue weighted by atomic mass is 9.98. The van der Waals surface area contributed by atoms with Crippen LogP contribution < -0.4 is 0 Å². The standard InChI is InChI=1S/C16H18.C8H10.C7H8O.C3H8O.2C2H4/c1-12(2)14-8-10-16(11-9-14)15-6-4-13(3)5-7-15;1-7-3-5-8(2)6-4-7;1-6-2-4-7(8)5-3-6;1-3(2)4;2*1-2/h4-12H,1-3H3;3-6H,1-2H3;2-5,8H,1H3;3-4H,1-2H3;2*1-2H2. The van der Waals surface area contributed by atoms with Gasteiger partial charge in [0, 0.05) is 6.10 Å². The predicted octanol–water partition coefficient (Wildman–Crippen LogP) is 10.8. The SMILES string of the molecule is C=C.C=C.CC(C)O.Cc1ccc(-c2ccc(C(C)C)cc2)cc1.Cc1ccc(C)cc1.Cc1ccc(O)cc1. The molecule has 0 fully saturated rings. The second-order valence-electron chi connectivity index (χ2n) is 9.73. The maximum atomic E-state index is 8.76. The molecule has 0 bridgehead atoms. The molecule has 4 aromatic carbocycles. The van der Waals surface area contributed by atoms with Crippen molar-refractivity contribution in [2.24, 2.45) is 0 Å². The average Bonchev–Trinajstić information content (AvgIpc) is 2.95. The topological polar surface area (TPSA) is 40.5 Å². The fraction of sp³-hybridized carbons (Fsp3) is 0.263.